The highest BCUT2D eigenvalue weighted by atomic mass is 16.6. The normalized spacial score (nSPS) is 22.8. The van der Waals surface area contributed by atoms with E-state index in [9.17, 15) is 9.59 Å². The molecule has 6 nitrogen and oxygen atoms in total. The fourth-order valence-electron chi connectivity index (χ4n) is 1.98. The number of esters is 1. The molecule has 6 heteroatoms. The van der Waals surface area contributed by atoms with Crippen LogP contribution >= 0.6 is 0 Å². The van der Waals surface area contributed by atoms with Crippen LogP contribution in [0.5, 0.6) is 0 Å². The van der Waals surface area contributed by atoms with Crippen LogP contribution in [0, 0.1) is 11.3 Å². The predicted octanol–water partition coefficient (Wildman–Crippen LogP) is 1.84. The topological polar surface area (TPSA) is 79.6 Å². The highest BCUT2D eigenvalue weighted by molar-refractivity contribution is 5.82. The number of rotatable bonds is 2. The molecule has 19 heavy (non-hydrogen) atoms. The van der Waals surface area contributed by atoms with Crippen LogP contribution in [0.2, 0.25) is 0 Å². The van der Waals surface area contributed by atoms with Crippen molar-refractivity contribution in [1.82, 2.24) is 4.90 Å². The van der Waals surface area contributed by atoms with Gasteiger partial charge in [0, 0.05) is 0 Å². The number of nitrogens with zero attached hydrogens (tertiary/aromatic N) is 2. The minimum absolute atomic E-state index is 0.245. The Morgan fingerprint density at radius 1 is 1.37 bits per heavy atom. The summed E-state index contributed by atoms with van der Waals surface area (Å²) < 4.78 is 10.2. The van der Waals surface area contributed by atoms with Gasteiger partial charge in [-0.2, -0.15) is 5.26 Å². The molecule has 0 spiro atoms. The van der Waals surface area contributed by atoms with Crippen molar-refractivity contribution in [2.45, 2.75) is 58.2 Å². The fourth-order valence-corrected chi connectivity index (χ4v) is 1.98. The van der Waals surface area contributed by atoms with E-state index in [4.69, 9.17) is 14.7 Å². The number of hydrogen-bond donors (Lipinski definition) is 0. The van der Waals surface area contributed by atoms with E-state index in [1.165, 1.54) is 4.90 Å². The van der Waals surface area contributed by atoms with E-state index in [1.54, 1.807) is 27.7 Å². The van der Waals surface area contributed by atoms with E-state index in [-0.39, 0.29) is 6.61 Å². The molecule has 1 aliphatic rings. The van der Waals surface area contributed by atoms with Crippen LogP contribution in [0.25, 0.3) is 0 Å². The van der Waals surface area contributed by atoms with E-state index < -0.39 is 29.7 Å². The van der Waals surface area contributed by atoms with Gasteiger partial charge in [0.15, 0.2) is 0 Å². The van der Waals surface area contributed by atoms with Gasteiger partial charge in [0.1, 0.15) is 17.7 Å². The lowest BCUT2D eigenvalue weighted by atomic mass is 10.2. The largest absolute Gasteiger partial charge is 0.464 e. The van der Waals surface area contributed by atoms with Gasteiger partial charge in [-0.05, 0) is 40.5 Å². The Kier molecular flexibility index (Phi) is 4.76. The maximum absolute atomic E-state index is 12.1. The lowest BCUT2D eigenvalue weighted by molar-refractivity contribution is -0.148. The van der Waals surface area contributed by atoms with Crippen molar-refractivity contribution in [3.05, 3.63) is 0 Å². The zero-order valence-corrected chi connectivity index (χ0v) is 11.8. The van der Waals surface area contributed by atoms with Crippen molar-refractivity contribution >= 4 is 12.1 Å². The molecule has 1 fully saturated rings. The third kappa shape index (κ3) is 3.85. The maximum atomic E-state index is 12.1. The fraction of sp³-hybridized carbons (Fsp3) is 0.769. The van der Waals surface area contributed by atoms with E-state index in [1.807, 2.05) is 6.07 Å². The van der Waals surface area contributed by atoms with Crippen molar-refractivity contribution in [3.63, 3.8) is 0 Å². The van der Waals surface area contributed by atoms with E-state index in [0.29, 0.717) is 12.8 Å². The summed E-state index contributed by atoms with van der Waals surface area (Å²) in [5.74, 6) is -0.480. The Bertz CT molecular complexity index is 394. The lowest BCUT2D eigenvalue weighted by Gasteiger charge is -2.29. The van der Waals surface area contributed by atoms with Crippen molar-refractivity contribution in [2.75, 3.05) is 6.61 Å². The summed E-state index contributed by atoms with van der Waals surface area (Å²) in [5, 5.41) is 9.06. The number of amides is 1. The third-order valence-corrected chi connectivity index (χ3v) is 2.70. The van der Waals surface area contributed by atoms with Crippen LogP contribution in [-0.4, -0.2) is 41.3 Å². The highest BCUT2D eigenvalue weighted by Gasteiger charge is 2.43. The first-order valence-corrected chi connectivity index (χ1v) is 6.37. The molecule has 1 saturated heterocycles. The average Bonchev–Trinajstić information content (AvgIpc) is 2.70. The Balaban J connectivity index is 2.86. The molecule has 1 rings (SSSR count). The summed E-state index contributed by atoms with van der Waals surface area (Å²) in [4.78, 5) is 25.1. The summed E-state index contributed by atoms with van der Waals surface area (Å²) in [6.45, 7) is 7.16. The first kappa shape index (κ1) is 15.3. The van der Waals surface area contributed by atoms with E-state index in [2.05, 4.69) is 0 Å². The first-order valence-electron chi connectivity index (χ1n) is 6.37. The number of carbonyl (C=O) groups excluding carboxylic acids is 2. The SMILES string of the molecule is CCOC(=O)[C@@H]1CC[C@H](C#N)N1C(=O)OC(C)(C)C. The summed E-state index contributed by atoms with van der Waals surface area (Å²) in [6, 6.07) is 0.667. The molecule has 1 heterocycles. The Labute approximate surface area is 113 Å². The molecule has 0 unspecified atom stereocenters. The summed E-state index contributed by atoms with van der Waals surface area (Å²) in [5.41, 5.74) is -0.668. The number of carbonyl (C=O) groups is 2. The standard InChI is InChI=1S/C13H20N2O4/c1-5-18-11(16)10-7-6-9(8-14)15(10)12(17)19-13(2,3)4/h9-10H,5-7H2,1-4H3/t9-,10+/m1/s1. The first-order chi connectivity index (χ1) is 8.80. The maximum Gasteiger partial charge on any atom is 0.412 e. The van der Waals surface area contributed by atoms with Crippen molar-refractivity contribution in [3.8, 4) is 6.07 Å². The molecule has 0 aromatic heterocycles. The van der Waals surface area contributed by atoms with Crippen LogP contribution in [0.4, 0.5) is 4.79 Å². The monoisotopic (exact) mass is 268 g/mol. The summed E-state index contributed by atoms with van der Waals surface area (Å²) in [7, 11) is 0. The molecule has 0 radical (unpaired) electrons. The Hall–Kier alpha value is -1.77. The number of likely N-dealkylation sites (tertiary alicyclic amines) is 1. The summed E-state index contributed by atoms with van der Waals surface area (Å²) >= 11 is 0. The summed E-state index contributed by atoms with van der Waals surface area (Å²) in [6.07, 6.45) is 0.241. The lowest BCUT2D eigenvalue weighted by Crippen LogP contribution is -2.47. The van der Waals surface area contributed by atoms with Gasteiger partial charge in [-0.25, -0.2) is 9.59 Å². The van der Waals surface area contributed by atoms with Crippen molar-refractivity contribution in [1.29, 1.82) is 5.26 Å². The van der Waals surface area contributed by atoms with Crippen LogP contribution in [0.1, 0.15) is 40.5 Å². The molecule has 0 bridgehead atoms. The van der Waals surface area contributed by atoms with Crippen molar-refractivity contribution in [2.24, 2.45) is 0 Å². The van der Waals surface area contributed by atoms with Gasteiger partial charge in [-0.1, -0.05) is 0 Å². The van der Waals surface area contributed by atoms with Crippen LogP contribution < -0.4 is 0 Å². The number of ether oxygens (including phenoxy) is 2. The molecular weight excluding hydrogens is 248 g/mol. The van der Waals surface area contributed by atoms with Gasteiger partial charge in [0.25, 0.3) is 0 Å². The number of nitriles is 1. The zero-order chi connectivity index (χ0) is 14.6. The third-order valence-electron chi connectivity index (χ3n) is 2.70. The smallest absolute Gasteiger partial charge is 0.412 e. The van der Waals surface area contributed by atoms with Gasteiger partial charge in [0.2, 0.25) is 0 Å². The second-order valence-electron chi connectivity index (χ2n) is 5.38. The molecular formula is C13H20N2O4. The Morgan fingerprint density at radius 3 is 2.47 bits per heavy atom. The number of hydrogen-bond acceptors (Lipinski definition) is 5. The molecule has 106 valence electrons. The Morgan fingerprint density at radius 2 is 2.00 bits per heavy atom. The van der Waals surface area contributed by atoms with Crippen LogP contribution in [0.15, 0.2) is 0 Å². The van der Waals surface area contributed by atoms with Gasteiger partial charge < -0.3 is 9.47 Å². The van der Waals surface area contributed by atoms with Gasteiger partial charge >= 0.3 is 12.1 Å². The molecule has 0 aromatic rings. The molecule has 0 aromatic carbocycles. The van der Waals surface area contributed by atoms with Crippen LogP contribution in [-0.2, 0) is 14.3 Å². The molecule has 0 saturated carbocycles. The second-order valence-corrected chi connectivity index (χ2v) is 5.38. The zero-order valence-electron chi connectivity index (χ0n) is 11.8. The second kappa shape index (κ2) is 5.91. The van der Waals surface area contributed by atoms with E-state index >= 15 is 0 Å². The minimum Gasteiger partial charge on any atom is -0.464 e. The minimum atomic E-state index is -0.723. The van der Waals surface area contributed by atoms with Crippen LogP contribution in [0.3, 0.4) is 0 Å². The predicted molar refractivity (Wildman–Crippen MR) is 67.1 cm³/mol. The van der Waals surface area contributed by atoms with Crippen molar-refractivity contribution < 1.29 is 19.1 Å². The average molecular weight is 268 g/mol. The molecule has 2 atom stereocenters. The van der Waals surface area contributed by atoms with Gasteiger partial charge in [0.05, 0.1) is 12.7 Å². The molecule has 0 aliphatic carbocycles. The van der Waals surface area contributed by atoms with Gasteiger partial charge in [-0.3, -0.25) is 4.90 Å². The molecule has 1 amide bonds. The molecule has 0 N–H and O–H groups in total. The van der Waals surface area contributed by atoms with E-state index in [0.717, 1.165) is 0 Å². The molecule has 1 aliphatic heterocycles. The quantitative estimate of drug-likeness (QED) is 0.714. The highest BCUT2D eigenvalue weighted by Crippen LogP contribution is 2.27. The van der Waals surface area contributed by atoms with Gasteiger partial charge in [-0.15, -0.1) is 0 Å².